The van der Waals surface area contributed by atoms with Gasteiger partial charge in [-0.1, -0.05) is 24.6 Å². The maximum atomic E-state index is 13.2. The third-order valence-electron chi connectivity index (χ3n) is 5.48. The van der Waals surface area contributed by atoms with Crippen LogP contribution in [0.1, 0.15) is 42.3 Å². The highest BCUT2D eigenvalue weighted by atomic mass is 35.5. The van der Waals surface area contributed by atoms with E-state index in [0.717, 1.165) is 35.2 Å². The summed E-state index contributed by atoms with van der Waals surface area (Å²) < 4.78 is 1.43. The molecule has 5 nitrogen and oxygen atoms in total. The van der Waals surface area contributed by atoms with Crippen LogP contribution in [0.25, 0.3) is 10.2 Å². The van der Waals surface area contributed by atoms with E-state index < -0.39 is 6.04 Å². The zero-order valence-electron chi connectivity index (χ0n) is 16.1. The third-order valence-corrected chi connectivity index (χ3v) is 7.05. The summed E-state index contributed by atoms with van der Waals surface area (Å²) in [6.07, 6.45) is 4.47. The predicted octanol–water partition coefficient (Wildman–Crippen LogP) is 4.74. The third kappa shape index (κ3) is 3.35. The summed E-state index contributed by atoms with van der Waals surface area (Å²) in [7, 11) is 0. The van der Waals surface area contributed by atoms with Gasteiger partial charge in [-0.2, -0.15) is 0 Å². The van der Waals surface area contributed by atoms with Gasteiger partial charge < -0.3 is 5.32 Å². The number of amides is 1. The highest BCUT2D eigenvalue weighted by Gasteiger charge is 2.25. The van der Waals surface area contributed by atoms with Crippen molar-refractivity contribution in [2.45, 2.75) is 46.1 Å². The molecule has 146 valence electrons. The fourth-order valence-electron chi connectivity index (χ4n) is 3.66. The van der Waals surface area contributed by atoms with Crippen molar-refractivity contribution in [1.82, 2.24) is 9.55 Å². The summed E-state index contributed by atoms with van der Waals surface area (Å²) >= 11 is 7.75. The summed E-state index contributed by atoms with van der Waals surface area (Å²) in [5.41, 5.74) is 2.54. The minimum absolute atomic E-state index is 0.137. The van der Waals surface area contributed by atoms with Gasteiger partial charge in [-0.25, -0.2) is 4.98 Å². The molecule has 1 aromatic carbocycles. The fraction of sp³-hybridized carbons (Fsp3) is 0.381. The molecule has 0 saturated carbocycles. The summed E-state index contributed by atoms with van der Waals surface area (Å²) in [6.45, 7) is 5.85. The second-order valence-electron chi connectivity index (χ2n) is 7.62. The summed E-state index contributed by atoms with van der Waals surface area (Å²) in [6, 6.07) is 4.68. The Hall–Kier alpha value is -2.18. The maximum absolute atomic E-state index is 13.2. The van der Waals surface area contributed by atoms with Crippen LogP contribution in [0, 0.1) is 12.8 Å². The molecule has 1 N–H and O–H groups in total. The predicted molar refractivity (Wildman–Crippen MR) is 115 cm³/mol. The number of anilines is 1. The fourth-order valence-corrected chi connectivity index (χ4v) is 5.19. The normalized spacial score (nSPS) is 17.4. The van der Waals surface area contributed by atoms with Gasteiger partial charge in [0.05, 0.1) is 11.7 Å². The van der Waals surface area contributed by atoms with E-state index in [0.29, 0.717) is 22.0 Å². The van der Waals surface area contributed by atoms with Gasteiger partial charge in [0.1, 0.15) is 10.9 Å². The Balaban J connectivity index is 1.66. The first-order valence-electron chi connectivity index (χ1n) is 9.43. The van der Waals surface area contributed by atoms with Gasteiger partial charge in [0.25, 0.3) is 5.56 Å². The number of carbonyl (C=O) groups is 1. The van der Waals surface area contributed by atoms with E-state index in [2.05, 4.69) is 17.2 Å². The zero-order valence-corrected chi connectivity index (χ0v) is 17.7. The number of aryl methyl sites for hydroxylation is 2. The molecule has 0 saturated heterocycles. The van der Waals surface area contributed by atoms with Gasteiger partial charge in [0.2, 0.25) is 5.91 Å². The molecule has 0 unspecified atom stereocenters. The number of nitrogens with zero attached hydrogens (tertiary/aromatic N) is 2. The van der Waals surface area contributed by atoms with Crippen molar-refractivity contribution in [3.8, 4) is 0 Å². The van der Waals surface area contributed by atoms with E-state index in [1.165, 1.54) is 15.8 Å². The Morgan fingerprint density at radius 2 is 2.21 bits per heavy atom. The number of hydrogen-bond acceptors (Lipinski definition) is 4. The van der Waals surface area contributed by atoms with E-state index in [1.54, 1.807) is 30.4 Å². The lowest BCUT2D eigenvalue weighted by Gasteiger charge is -2.18. The first-order valence-corrected chi connectivity index (χ1v) is 10.6. The molecule has 28 heavy (non-hydrogen) atoms. The smallest absolute Gasteiger partial charge is 0.263 e. The highest BCUT2D eigenvalue weighted by molar-refractivity contribution is 7.18. The van der Waals surface area contributed by atoms with E-state index in [4.69, 9.17) is 11.6 Å². The molecule has 1 amide bonds. The van der Waals surface area contributed by atoms with Gasteiger partial charge in [-0.05, 0) is 62.3 Å². The summed E-state index contributed by atoms with van der Waals surface area (Å²) in [5, 5.41) is 4.11. The average Bonchev–Trinajstić information content (AvgIpc) is 3.02. The minimum atomic E-state index is -0.678. The number of hydrogen-bond donors (Lipinski definition) is 1. The van der Waals surface area contributed by atoms with Gasteiger partial charge >= 0.3 is 0 Å². The Morgan fingerprint density at radius 3 is 2.96 bits per heavy atom. The molecule has 0 aliphatic heterocycles. The lowest BCUT2D eigenvalue weighted by Crippen LogP contribution is -2.32. The molecule has 0 radical (unpaired) electrons. The molecule has 0 fully saturated rings. The van der Waals surface area contributed by atoms with Gasteiger partial charge in [-0.3, -0.25) is 14.2 Å². The second kappa shape index (κ2) is 7.33. The first-order chi connectivity index (χ1) is 13.3. The number of thiophene rings is 1. The van der Waals surface area contributed by atoms with Crippen molar-refractivity contribution >= 4 is 44.7 Å². The molecular weight excluding hydrogens is 394 g/mol. The number of benzene rings is 1. The van der Waals surface area contributed by atoms with Crippen molar-refractivity contribution in [3.05, 3.63) is 55.9 Å². The number of aromatic nitrogens is 2. The average molecular weight is 416 g/mol. The topological polar surface area (TPSA) is 64.0 Å². The van der Waals surface area contributed by atoms with Crippen molar-refractivity contribution in [2.24, 2.45) is 5.92 Å². The standard InChI is InChI=1S/C21H22ClN3O2S/c1-11-4-7-15-17(8-11)28-20-18(15)21(27)25(10-23-20)13(3)19(26)24-14-6-5-12(2)16(22)9-14/h5-6,9-11,13H,4,7-8H2,1-3H3,(H,24,26)/t11-,13+/m0/s1. The van der Waals surface area contributed by atoms with Crippen LogP contribution in [-0.4, -0.2) is 15.5 Å². The van der Waals surface area contributed by atoms with Crippen molar-refractivity contribution in [2.75, 3.05) is 5.32 Å². The molecule has 2 heterocycles. The zero-order chi connectivity index (χ0) is 20.0. The Morgan fingerprint density at radius 1 is 1.43 bits per heavy atom. The highest BCUT2D eigenvalue weighted by Crippen LogP contribution is 2.35. The summed E-state index contributed by atoms with van der Waals surface area (Å²) in [5.74, 6) is 0.356. The van der Waals surface area contributed by atoms with E-state index >= 15 is 0 Å². The molecule has 4 rings (SSSR count). The molecule has 1 aliphatic carbocycles. The Labute approximate surface area is 172 Å². The maximum Gasteiger partial charge on any atom is 0.263 e. The van der Waals surface area contributed by atoms with Crippen LogP contribution in [0.4, 0.5) is 5.69 Å². The van der Waals surface area contributed by atoms with Crippen LogP contribution >= 0.6 is 22.9 Å². The first kappa shape index (κ1) is 19.2. The van der Waals surface area contributed by atoms with Gasteiger partial charge in [0.15, 0.2) is 0 Å². The van der Waals surface area contributed by atoms with Gasteiger partial charge in [-0.15, -0.1) is 11.3 Å². The Kier molecular flexibility index (Phi) is 5.02. The van der Waals surface area contributed by atoms with Crippen LogP contribution in [0.15, 0.2) is 29.3 Å². The number of carbonyl (C=O) groups excluding carboxylic acids is 1. The number of nitrogens with one attached hydrogen (secondary N) is 1. The number of fused-ring (bicyclic) bond motifs is 3. The molecule has 0 spiro atoms. The number of halogens is 1. The van der Waals surface area contributed by atoms with E-state index in [1.807, 2.05) is 13.0 Å². The van der Waals surface area contributed by atoms with Gasteiger partial charge in [0, 0.05) is 15.6 Å². The second-order valence-corrected chi connectivity index (χ2v) is 9.11. The van der Waals surface area contributed by atoms with Crippen molar-refractivity contribution in [3.63, 3.8) is 0 Å². The van der Waals surface area contributed by atoms with Crippen molar-refractivity contribution < 1.29 is 4.79 Å². The van der Waals surface area contributed by atoms with Crippen LogP contribution < -0.4 is 10.9 Å². The van der Waals surface area contributed by atoms with E-state index in [9.17, 15) is 9.59 Å². The lowest BCUT2D eigenvalue weighted by molar-refractivity contribution is -0.118. The lowest BCUT2D eigenvalue weighted by atomic mass is 9.89. The van der Waals surface area contributed by atoms with E-state index in [-0.39, 0.29) is 11.5 Å². The largest absolute Gasteiger partial charge is 0.324 e. The van der Waals surface area contributed by atoms with Crippen LogP contribution in [0.2, 0.25) is 5.02 Å². The number of rotatable bonds is 3. The minimum Gasteiger partial charge on any atom is -0.324 e. The molecule has 0 bridgehead atoms. The SMILES string of the molecule is Cc1ccc(NC(=O)[C@@H](C)n2cnc3sc4c(c3c2=O)CC[C@H](C)C4)cc1Cl. The molecule has 1 aliphatic rings. The molecule has 3 aromatic rings. The van der Waals surface area contributed by atoms with Crippen LogP contribution in [0.3, 0.4) is 0 Å². The quantitative estimate of drug-likeness (QED) is 0.671. The monoisotopic (exact) mass is 415 g/mol. The van der Waals surface area contributed by atoms with Crippen molar-refractivity contribution in [1.29, 1.82) is 0 Å². The van der Waals surface area contributed by atoms with Crippen LogP contribution in [-0.2, 0) is 17.6 Å². The van der Waals surface area contributed by atoms with Crippen LogP contribution in [0.5, 0.6) is 0 Å². The molecule has 7 heteroatoms. The molecule has 2 aromatic heterocycles. The molecule has 2 atom stereocenters. The molecular formula is C21H22ClN3O2S. The Bertz CT molecular complexity index is 1130. The summed E-state index contributed by atoms with van der Waals surface area (Å²) in [4.78, 5) is 32.4.